The van der Waals surface area contributed by atoms with Crippen LogP contribution in [0.5, 0.6) is 11.5 Å². The molecule has 0 bridgehead atoms. The van der Waals surface area contributed by atoms with Crippen molar-refractivity contribution in [3.05, 3.63) is 58.6 Å². The third kappa shape index (κ3) is 3.75. The second-order valence-electron chi connectivity index (χ2n) is 4.26. The number of para-hydroxylation sites is 1. The Morgan fingerprint density at radius 2 is 1.75 bits per heavy atom. The molecule has 0 amide bonds. The highest BCUT2D eigenvalue weighted by Gasteiger charge is 2.04. The zero-order valence-corrected chi connectivity index (χ0v) is 11.9. The zero-order chi connectivity index (χ0) is 14.4. The molecular weight excluding hydrogens is 276 g/mol. The van der Waals surface area contributed by atoms with E-state index in [1.54, 1.807) is 18.2 Å². The number of ether oxygens (including phenoxy) is 2. The van der Waals surface area contributed by atoms with Crippen LogP contribution in [0, 0.1) is 6.92 Å². The molecule has 2 rings (SSSR count). The van der Waals surface area contributed by atoms with Crippen molar-refractivity contribution in [2.45, 2.75) is 6.92 Å². The summed E-state index contributed by atoms with van der Waals surface area (Å²) in [4.78, 5) is 10.9. The van der Waals surface area contributed by atoms with Crippen molar-refractivity contribution in [3.8, 4) is 11.5 Å². The fourth-order valence-electron chi connectivity index (χ4n) is 1.76. The quantitative estimate of drug-likeness (QED) is 0.597. The third-order valence-corrected chi connectivity index (χ3v) is 3.03. The van der Waals surface area contributed by atoms with E-state index in [1.807, 2.05) is 31.2 Å². The molecule has 0 atom stereocenters. The lowest BCUT2D eigenvalue weighted by Gasteiger charge is -2.11. The van der Waals surface area contributed by atoms with E-state index in [4.69, 9.17) is 21.1 Å². The molecule has 0 saturated carbocycles. The first kappa shape index (κ1) is 14.4. The molecule has 20 heavy (non-hydrogen) atoms. The van der Waals surface area contributed by atoms with E-state index in [0.717, 1.165) is 17.6 Å². The molecule has 2 aromatic rings. The largest absolute Gasteiger partial charge is 0.490 e. The molecule has 0 radical (unpaired) electrons. The van der Waals surface area contributed by atoms with Crippen molar-refractivity contribution < 1.29 is 14.3 Å². The van der Waals surface area contributed by atoms with Crippen molar-refractivity contribution in [2.75, 3.05) is 13.2 Å². The Hall–Kier alpha value is -2.00. The van der Waals surface area contributed by atoms with E-state index in [9.17, 15) is 4.79 Å². The van der Waals surface area contributed by atoms with Gasteiger partial charge in [0, 0.05) is 5.02 Å². The van der Waals surface area contributed by atoms with Gasteiger partial charge in [0.05, 0.1) is 5.56 Å². The van der Waals surface area contributed by atoms with E-state index in [1.165, 1.54) is 0 Å². The van der Waals surface area contributed by atoms with Gasteiger partial charge in [-0.2, -0.15) is 0 Å². The molecule has 4 heteroatoms. The van der Waals surface area contributed by atoms with Crippen LogP contribution in [0.4, 0.5) is 0 Å². The number of aryl methyl sites for hydroxylation is 1. The fraction of sp³-hybridized carbons (Fsp3) is 0.188. The number of aldehydes is 1. The van der Waals surface area contributed by atoms with Gasteiger partial charge >= 0.3 is 0 Å². The predicted octanol–water partition coefficient (Wildman–Crippen LogP) is 3.92. The molecule has 104 valence electrons. The van der Waals surface area contributed by atoms with Crippen LogP contribution in [0.2, 0.25) is 5.02 Å². The summed E-state index contributed by atoms with van der Waals surface area (Å²) in [6.45, 7) is 2.75. The van der Waals surface area contributed by atoms with Crippen LogP contribution >= 0.6 is 11.6 Å². The first-order chi connectivity index (χ1) is 9.70. The zero-order valence-electron chi connectivity index (χ0n) is 11.1. The molecular formula is C16H15ClO3. The normalized spacial score (nSPS) is 10.1. The van der Waals surface area contributed by atoms with Crippen LogP contribution in [0.15, 0.2) is 42.5 Å². The van der Waals surface area contributed by atoms with E-state index < -0.39 is 0 Å². The molecule has 0 saturated heterocycles. The summed E-state index contributed by atoms with van der Waals surface area (Å²) < 4.78 is 11.1. The monoisotopic (exact) mass is 290 g/mol. The maximum absolute atomic E-state index is 10.9. The van der Waals surface area contributed by atoms with E-state index in [0.29, 0.717) is 29.5 Å². The van der Waals surface area contributed by atoms with Gasteiger partial charge in [-0.1, -0.05) is 29.8 Å². The first-order valence-corrected chi connectivity index (χ1v) is 6.64. The molecule has 0 fully saturated rings. The van der Waals surface area contributed by atoms with Gasteiger partial charge in [-0.15, -0.1) is 0 Å². The smallest absolute Gasteiger partial charge is 0.153 e. The van der Waals surface area contributed by atoms with Gasteiger partial charge in [0.1, 0.15) is 24.7 Å². The summed E-state index contributed by atoms with van der Waals surface area (Å²) in [5.74, 6) is 1.35. The second kappa shape index (κ2) is 6.96. The Balaban J connectivity index is 1.88. The lowest BCUT2D eigenvalue weighted by Crippen LogP contribution is -2.10. The topological polar surface area (TPSA) is 35.5 Å². The summed E-state index contributed by atoms with van der Waals surface area (Å²) in [5, 5.41) is 0.510. The van der Waals surface area contributed by atoms with Crippen molar-refractivity contribution in [3.63, 3.8) is 0 Å². The van der Waals surface area contributed by atoms with Crippen LogP contribution in [-0.4, -0.2) is 19.5 Å². The number of halogens is 1. The minimum atomic E-state index is 0.358. The molecule has 0 aromatic heterocycles. The van der Waals surface area contributed by atoms with Crippen molar-refractivity contribution >= 4 is 17.9 Å². The Bertz CT molecular complexity index is 596. The third-order valence-electron chi connectivity index (χ3n) is 2.79. The van der Waals surface area contributed by atoms with Gasteiger partial charge < -0.3 is 9.47 Å². The van der Waals surface area contributed by atoms with Crippen LogP contribution in [0.25, 0.3) is 0 Å². The number of carbonyl (C=O) groups excluding carboxylic acids is 1. The highest BCUT2D eigenvalue weighted by Crippen LogP contribution is 2.21. The van der Waals surface area contributed by atoms with Crippen LogP contribution in [0.3, 0.4) is 0 Å². The highest BCUT2D eigenvalue weighted by atomic mass is 35.5. The van der Waals surface area contributed by atoms with Crippen molar-refractivity contribution in [1.82, 2.24) is 0 Å². The Morgan fingerprint density at radius 3 is 2.45 bits per heavy atom. The Labute approximate surface area is 123 Å². The molecule has 0 N–H and O–H groups in total. The average molecular weight is 291 g/mol. The molecule has 0 unspecified atom stereocenters. The van der Waals surface area contributed by atoms with Crippen molar-refractivity contribution in [1.29, 1.82) is 0 Å². The van der Waals surface area contributed by atoms with E-state index >= 15 is 0 Å². The highest BCUT2D eigenvalue weighted by molar-refractivity contribution is 6.30. The van der Waals surface area contributed by atoms with Gasteiger partial charge in [-0.25, -0.2) is 0 Å². The fourth-order valence-corrected chi connectivity index (χ4v) is 1.95. The SMILES string of the molecule is Cc1ccccc1OCCOc1ccc(Cl)cc1C=O. The van der Waals surface area contributed by atoms with E-state index in [-0.39, 0.29) is 0 Å². The number of rotatable bonds is 6. The second-order valence-corrected chi connectivity index (χ2v) is 4.70. The standard InChI is InChI=1S/C16H15ClO3/c1-12-4-2-3-5-15(12)19-8-9-20-16-7-6-14(17)10-13(16)11-18/h2-7,10-11H,8-9H2,1H3. The van der Waals surface area contributed by atoms with Gasteiger partial charge in [-0.05, 0) is 36.8 Å². The molecule has 3 nitrogen and oxygen atoms in total. The summed E-state index contributed by atoms with van der Waals surface area (Å²) in [5.41, 5.74) is 1.51. The summed E-state index contributed by atoms with van der Waals surface area (Å²) >= 11 is 5.82. The molecule has 0 aliphatic rings. The van der Waals surface area contributed by atoms with Crippen LogP contribution in [0.1, 0.15) is 15.9 Å². The average Bonchev–Trinajstić information content (AvgIpc) is 2.46. The minimum absolute atomic E-state index is 0.358. The van der Waals surface area contributed by atoms with E-state index in [2.05, 4.69) is 0 Å². The molecule has 0 aliphatic carbocycles. The van der Waals surface area contributed by atoms with Gasteiger partial charge in [0.15, 0.2) is 6.29 Å². The lowest BCUT2D eigenvalue weighted by molar-refractivity contribution is 0.111. The molecule has 0 spiro atoms. The minimum Gasteiger partial charge on any atom is -0.490 e. The maximum atomic E-state index is 10.9. The Morgan fingerprint density at radius 1 is 1.05 bits per heavy atom. The maximum Gasteiger partial charge on any atom is 0.153 e. The number of hydrogen-bond acceptors (Lipinski definition) is 3. The lowest BCUT2D eigenvalue weighted by atomic mass is 10.2. The molecule has 2 aromatic carbocycles. The van der Waals surface area contributed by atoms with Crippen LogP contribution < -0.4 is 9.47 Å². The molecule has 0 heterocycles. The molecule has 0 aliphatic heterocycles. The van der Waals surface area contributed by atoms with Gasteiger partial charge in [-0.3, -0.25) is 4.79 Å². The van der Waals surface area contributed by atoms with Crippen LogP contribution in [-0.2, 0) is 0 Å². The number of benzene rings is 2. The first-order valence-electron chi connectivity index (χ1n) is 6.26. The number of carbonyl (C=O) groups is 1. The van der Waals surface area contributed by atoms with Crippen molar-refractivity contribution in [2.24, 2.45) is 0 Å². The summed E-state index contributed by atoms with van der Waals surface area (Å²) in [6.07, 6.45) is 0.726. The summed E-state index contributed by atoms with van der Waals surface area (Å²) in [7, 11) is 0. The summed E-state index contributed by atoms with van der Waals surface area (Å²) in [6, 6.07) is 12.7. The Kier molecular flexibility index (Phi) is 5.02. The number of hydrogen-bond donors (Lipinski definition) is 0. The predicted molar refractivity (Wildman–Crippen MR) is 79.0 cm³/mol. The van der Waals surface area contributed by atoms with Gasteiger partial charge in [0.25, 0.3) is 0 Å². The van der Waals surface area contributed by atoms with Gasteiger partial charge in [0.2, 0.25) is 0 Å².